The molecule has 1 amide bonds. The van der Waals surface area contributed by atoms with E-state index in [-0.39, 0.29) is 17.5 Å². The fourth-order valence-corrected chi connectivity index (χ4v) is 2.27. The summed E-state index contributed by atoms with van der Waals surface area (Å²) in [5, 5.41) is 5.69. The summed E-state index contributed by atoms with van der Waals surface area (Å²) >= 11 is 0. The van der Waals surface area contributed by atoms with Gasteiger partial charge in [-0.3, -0.25) is 4.79 Å². The lowest BCUT2D eigenvalue weighted by Crippen LogP contribution is -2.11. The van der Waals surface area contributed by atoms with Crippen molar-refractivity contribution in [1.29, 1.82) is 0 Å². The number of aryl methyl sites for hydroxylation is 1. The van der Waals surface area contributed by atoms with Crippen molar-refractivity contribution in [2.45, 2.75) is 19.9 Å². The number of nitrogens with zero attached hydrogens (tertiary/aromatic N) is 2. The Bertz CT molecular complexity index is 848. The van der Waals surface area contributed by atoms with Crippen LogP contribution in [0, 0.1) is 5.82 Å². The van der Waals surface area contributed by atoms with Gasteiger partial charge in [0, 0.05) is 12.2 Å². The maximum absolute atomic E-state index is 14.1. The van der Waals surface area contributed by atoms with E-state index in [1.54, 1.807) is 24.3 Å². The van der Waals surface area contributed by atoms with Crippen LogP contribution in [-0.4, -0.2) is 15.9 Å². The van der Waals surface area contributed by atoms with Gasteiger partial charge in [0.1, 0.15) is 6.33 Å². The van der Waals surface area contributed by atoms with Gasteiger partial charge in [-0.25, -0.2) is 14.4 Å². The summed E-state index contributed by atoms with van der Waals surface area (Å²) in [6.07, 6.45) is 3.30. The van der Waals surface area contributed by atoms with Gasteiger partial charge in [0.2, 0.25) is 0 Å². The molecule has 0 saturated carbocycles. The highest BCUT2D eigenvalue weighted by atomic mass is 19.1. The molecule has 7 heteroatoms. The second kappa shape index (κ2) is 7.57. The standard InChI is InChI=1S/C18H17FN4O2/c1-2-14-16(19)17(22-11-21-14)20-10-12-5-7-13(8-6-12)23-18(24)15-4-3-9-25-15/h3-9,11H,2,10H2,1H3,(H,23,24)(H,20,21,22). The first kappa shape index (κ1) is 16.6. The molecule has 3 rings (SSSR count). The Morgan fingerprint density at radius 3 is 2.68 bits per heavy atom. The summed E-state index contributed by atoms with van der Waals surface area (Å²) in [5.74, 6) is -0.308. The summed E-state index contributed by atoms with van der Waals surface area (Å²) in [6, 6.07) is 10.5. The van der Waals surface area contributed by atoms with Gasteiger partial charge < -0.3 is 15.1 Å². The quantitative estimate of drug-likeness (QED) is 0.716. The number of aromatic nitrogens is 2. The van der Waals surface area contributed by atoms with Crippen molar-refractivity contribution in [3.63, 3.8) is 0 Å². The van der Waals surface area contributed by atoms with Crippen LogP contribution in [-0.2, 0) is 13.0 Å². The van der Waals surface area contributed by atoms with Gasteiger partial charge in [0.05, 0.1) is 12.0 Å². The number of hydrogen-bond donors (Lipinski definition) is 2. The van der Waals surface area contributed by atoms with Crippen LogP contribution in [0.25, 0.3) is 0 Å². The van der Waals surface area contributed by atoms with Crippen molar-refractivity contribution in [2.24, 2.45) is 0 Å². The molecule has 0 aliphatic carbocycles. The molecule has 0 bridgehead atoms. The van der Waals surface area contributed by atoms with E-state index in [1.165, 1.54) is 12.6 Å². The van der Waals surface area contributed by atoms with E-state index in [0.29, 0.717) is 24.3 Å². The van der Waals surface area contributed by atoms with E-state index in [2.05, 4.69) is 20.6 Å². The van der Waals surface area contributed by atoms with Crippen LogP contribution in [0.3, 0.4) is 0 Å². The molecule has 1 aromatic carbocycles. The van der Waals surface area contributed by atoms with Crippen LogP contribution in [0.1, 0.15) is 28.7 Å². The number of nitrogens with one attached hydrogen (secondary N) is 2. The number of benzene rings is 1. The molecule has 25 heavy (non-hydrogen) atoms. The summed E-state index contributed by atoms with van der Waals surface area (Å²) in [7, 11) is 0. The molecule has 2 heterocycles. The van der Waals surface area contributed by atoms with Crippen molar-refractivity contribution in [3.05, 3.63) is 71.8 Å². The first-order valence-corrected chi connectivity index (χ1v) is 7.84. The monoisotopic (exact) mass is 340 g/mol. The summed E-state index contributed by atoms with van der Waals surface area (Å²) in [5.41, 5.74) is 1.95. The summed E-state index contributed by atoms with van der Waals surface area (Å²) < 4.78 is 19.1. The predicted molar refractivity (Wildman–Crippen MR) is 91.8 cm³/mol. The van der Waals surface area contributed by atoms with Gasteiger partial charge >= 0.3 is 0 Å². The first-order valence-electron chi connectivity index (χ1n) is 7.84. The molecule has 0 radical (unpaired) electrons. The second-order valence-electron chi connectivity index (χ2n) is 5.32. The maximum Gasteiger partial charge on any atom is 0.291 e. The minimum absolute atomic E-state index is 0.182. The number of anilines is 2. The highest BCUT2D eigenvalue weighted by Gasteiger charge is 2.10. The van der Waals surface area contributed by atoms with Crippen molar-refractivity contribution in [2.75, 3.05) is 10.6 Å². The van der Waals surface area contributed by atoms with E-state index in [1.807, 2.05) is 19.1 Å². The van der Waals surface area contributed by atoms with E-state index >= 15 is 0 Å². The van der Waals surface area contributed by atoms with Crippen LogP contribution < -0.4 is 10.6 Å². The van der Waals surface area contributed by atoms with Crippen LogP contribution in [0.15, 0.2) is 53.4 Å². The number of hydrogen-bond acceptors (Lipinski definition) is 5. The third kappa shape index (κ3) is 4.00. The topological polar surface area (TPSA) is 80.0 Å². The summed E-state index contributed by atoms with van der Waals surface area (Å²) in [6.45, 7) is 2.24. The van der Waals surface area contributed by atoms with Crippen molar-refractivity contribution in [1.82, 2.24) is 9.97 Å². The second-order valence-corrected chi connectivity index (χ2v) is 5.32. The first-order chi connectivity index (χ1) is 12.2. The molecule has 0 aliphatic heterocycles. The molecule has 128 valence electrons. The smallest absolute Gasteiger partial charge is 0.291 e. The molecule has 0 spiro atoms. The molecule has 3 aromatic rings. The third-order valence-electron chi connectivity index (χ3n) is 3.61. The van der Waals surface area contributed by atoms with Crippen LogP contribution in [0.2, 0.25) is 0 Å². The highest BCUT2D eigenvalue weighted by molar-refractivity contribution is 6.02. The Hall–Kier alpha value is -3.22. The van der Waals surface area contributed by atoms with E-state index in [9.17, 15) is 9.18 Å². The van der Waals surface area contributed by atoms with Gasteiger partial charge in [-0.05, 0) is 36.2 Å². The maximum atomic E-state index is 14.1. The lowest BCUT2D eigenvalue weighted by Gasteiger charge is -2.09. The summed E-state index contributed by atoms with van der Waals surface area (Å²) in [4.78, 5) is 19.7. The Labute approximate surface area is 144 Å². The van der Waals surface area contributed by atoms with Gasteiger partial charge in [0.15, 0.2) is 17.4 Å². The Morgan fingerprint density at radius 1 is 1.20 bits per heavy atom. The molecule has 2 aromatic heterocycles. The van der Waals surface area contributed by atoms with Crippen molar-refractivity contribution >= 4 is 17.4 Å². The lowest BCUT2D eigenvalue weighted by molar-refractivity contribution is 0.0996. The normalized spacial score (nSPS) is 10.5. The SMILES string of the molecule is CCc1ncnc(NCc2ccc(NC(=O)c3ccco3)cc2)c1F. The van der Waals surface area contributed by atoms with Crippen LogP contribution in [0.5, 0.6) is 0 Å². The van der Waals surface area contributed by atoms with Crippen molar-refractivity contribution in [3.8, 4) is 0 Å². The minimum atomic E-state index is -0.424. The van der Waals surface area contributed by atoms with Crippen LogP contribution >= 0.6 is 0 Å². The molecule has 0 unspecified atom stereocenters. The number of carbonyl (C=O) groups excluding carboxylic acids is 1. The van der Waals surface area contributed by atoms with Gasteiger partial charge in [-0.2, -0.15) is 0 Å². The fraction of sp³-hybridized carbons (Fsp3) is 0.167. The lowest BCUT2D eigenvalue weighted by atomic mass is 10.2. The molecule has 6 nitrogen and oxygen atoms in total. The Kier molecular flexibility index (Phi) is 5.03. The molecule has 2 N–H and O–H groups in total. The Balaban J connectivity index is 1.60. The molecule has 0 saturated heterocycles. The number of carbonyl (C=O) groups is 1. The molecular formula is C18H17FN4O2. The van der Waals surface area contributed by atoms with Gasteiger partial charge in [-0.1, -0.05) is 19.1 Å². The van der Waals surface area contributed by atoms with Crippen LogP contribution in [0.4, 0.5) is 15.9 Å². The molecule has 0 aliphatic rings. The van der Waals surface area contributed by atoms with E-state index in [4.69, 9.17) is 4.42 Å². The minimum Gasteiger partial charge on any atom is -0.459 e. The average Bonchev–Trinajstić information content (AvgIpc) is 3.17. The van der Waals surface area contributed by atoms with Gasteiger partial charge in [-0.15, -0.1) is 0 Å². The molecule has 0 fully saturated rings. The van der Waals surface area contributed by atoms with Gasteiger partial charge in [0.25, 0.3) is 5.91 Å². The zero-order valence-electron chi connectivity index (χ0n) is 13.6. The number of halogens is 1. The van der Waals surface area contributed by atoms with Crippen molar-refractivity contribution < 1.29 is 13.6 Å². The third-order valence-corrected chi connectivity index (χ3v) is 3.61. The number of rotatable bonds is 6. The van der Waals surface area contributed by atoms with E-state index < -0.39 is 5.82 Å². The number of amides is 1. The molecule has 0 atom stereocenters. The highest BCUT2D eigenvalue weighted by Crippen LogP contribution is 2.16. The number of furan rings is 1. The zero-order valence-corrected chi connectivity index (χ0v) is 13.6. The Morgan fingerprint density at radius 2 is 2.00 bits per heavy atom. The fourth-order valence-electron chi connectivity index (χ4n) is 2.27. The van der Waals surface area contributed by atoms with E-state index in [0.717, 1.165) is 5.56 Å². The average molecular weight is 340 g/mol. The largest absolute Gasteiger partial charge is 0.459 e. The predicted octanol–water partition coefficient (Wildman–Crippen LogP) is 3.64. The molecular weight excluding hydrogens is 323 g/mol. The zero-order chi connectivity index (χ0) is 17.6.